The van der Waals surface area contributed by atoms with Gasteiger partial charge in [-0.2, -0.15) is 12.2 Å². The second-order valence-corrected chi connectivity index (χ2v) is 5.32. The minimum atomic E-state index is -3.66. The molecule has 1 aromatic rings. The Bertz CT molecular complexity index is 509. The van der Waals surface area contributed by atoms with Gasteiger partial charge in [-0.15, -0.1) is 0 Å². The molecule has 7 heteroatoms. The molecule has 0 aliphatic carbocycles. The van der Waals surface area contributed by atoms with Gasteiger partial charge in [0.05, 0.1) is 10.6 Å². The molecule has 0 bridgehead atoms. The maximum absolute atomic E-state index is 11.0. The molecule has 0 spiro atoms. The van der Waals surface area contributed by atoms with Crippen LogP contribution in [0, 0.1) is 6.61 Å². The van der Waals surface area contributed by atoms with Crippen LogP contribution in [0.4, 0.5) is 0 Å². The summed E-state index contributed by atoms with van der Waals surface area (Å²) in [6.07, 6.45) is 3.44. The van der Waals surface area contributed by atoms with Gasteiger partial charge in [-0.25, -0.2) is 8.42 Å². The molecule has 0 saturated heterocycles. The molecule has 0 saturated carbocycles. The van der Waals surface area contributed by atoms with E-state index in [4.69, 9.17) is 15.4 Å². The van der Waals surface area contributed by atoms with Crippen LogP contribution >= 0.6 is 10.7 Å². The molecule has 0 N–H and O–H groups in total. The standard InChI is InChI=1S/C9H6ClO3S.2Mg.2H/c10-14(11,12)8-3-4-9-7(6-8)2-1-5-13-9;;;;/h1-6H;;;;/q-1;2*+2;2*-1. The van der Waals surface area contributed by atoms with Gasteiger partial charge in [-0.3, -0.25) is 0 Å². The average Bonchev–Trinajstić information content (AvgIpc) is 2.16. The zero-order valence-electron chi connectivity index (χ0n) is 10.4. The Hall–Kier alpha value is 0.402. The zero-order valence-corrected chi connectivity index (χ0v) is 12.8. The molecule has 0 unspecified atom stereocenters. The van der Waals surface area contributed by atoms with Gasteiger partial charge >= 0.3 is 46.1 Å². The molecule has 1 heterocycles. The van der Waals surface area contributed by atoms with Crippen molar-refractivity contribution in [2.75, 3.05) is 0 Å². The maximum atomic E-state index is 11.0. The summed E-state index contributed by atoms with van der Waals surface area (Å²) >= 11 is 0. The number of halogens is 1. The third-order valence-corrected chi connectivity index (χ3v) is 3.16. The Balaban J connectivity index is -0.000000562. The van der Waals surface area contributed by atoms with E-state index in [2.05, 4.69) is 0 Å². The van der Waals surface area contributed by atoms with Crippen molar-refractivity contribution < 1.29 is 16.0 Å². The number of fused-ring (bicyclic) bond motifs is 1. The van der Waals surface area contributed by atoms with Crippen LogP contribution in [0.15, 0.2) is 29.2 Å². The van der Waals surface area contributed by atoms with Crippen LogP contribution in [-0.2, 0) is 9.05 Å². The summed E-state index contributed by atoms with van der Waals surface area (Å²) in [6, 6.07) is 4.46. The van der Waals surface area contributed by atoms with Gasteiger partial charge in [-0.1, -0.05) is 12.2 Å². The van der Waals surface area contributed by atoms with Gasteiger partial charge in [-0.05, 0) is 18.2 Å². The van der Waals surface area contributed by atoms with E-state index in [1.807, 2.05) is 0 Å². The largest absolute Gasteiger partial charge is 2.00 e. The predicted octanol–water partition coefficient (Wildman–Crippen LogP) is 1.64. The molecule has 2 rings (SSSR count). The summed E-state index contributed by atoms with van der Waals surface area (Å²) in [5.41, 5.74) is 0.703. The van der Waals surface area contributed by atoms with Gasteiger partial charge in [0.1, 0.15) is 0 Å². The third-order valence-electron chi connectivity index (χ3n) is 1.81. The molecule has 0 amide bonds. The molecule has 78 valence electrons. The SMILES string of the molecule is O=S(=O)(Cl)c1ccc2c(c1)C=C[CH-]O2.[H-].[H-].[Mg+2].[Mg+2]. The van der Waals surface area contributed by atoms with Crippen LogP contribution in [0.1, 0.15) is 8.42 Å². The summed E-state index contributed by atoms with van der Waals surface area (Å²) in [4.78, 5) is 0.0769. The minimum Gasteiger partial charge on any atom is -1.00 e. The summed E-state index contributed by atoms with van der Waals surface area (Å²) in [6.45, 7) is 1.53. The van der Waals surface area contributed by atoms with Crippen molar-refractivity contribution >= 4 is 71.9 Å². The van der Waals surface area contributed by atoms with Gasteiger partial charge in [0.15, 0.2) is 0 Å². The molecular weight excluding hydrogens is 272 g/mol. The Morgan fingerprint density at radius 3 is 2.62 bits per heavy atom. The molecule has 1 aliphatic heterocycles. The predicted molar refractivity (Wildman–Crippen MR) is 67.2 cm³/mol. The normalized spacial score (nSPS) is 12.3. The smallest absolute Gasteiger partial charge is 1.00 e. The van der Waals surface area contributed by atoms with Crippen molar-refractivity contribution in [3.63, 3.8) is 0 Å². The van der Waals surface area contributed by atoms with Crippen molar-refractivity contribution in [2.45, 2.75) is 4.90 Å². The van der Waals surface area contributed by atoms with Gasteiger partial charge in [0.25, 0.3) is 9.05 Å². The Morgan fingerprint density at radius 1 is 1.31 bits per heavy atom. The summed E-state index contributed by atoms with van der Waals surface area (Å²) in [5.74, 6) is 0.622. The van der Waals surface area contributed by atoms with Crippen molar-refractivity contribution in [2.24, 2.45) is 0 Å². The average molecular weight is 280 g/mol. The fourth-order valence-electron chi connectivity index (χ4n) is 1.17. The van der Waals surface area contributed by atoms with Crippen LogP contribution in [0.5, 0.6) is 5.75 Å². The first-order chi connectivity index (χ1) is 6.57. The summed E-state index contributed by atoms with van der Waals surface area (Å²) < 4.78 is 27.2. The van der Waals surface area contributed by atoms with Crippen LogP contribution in [0.25, 0.3) is 6.08 Å². The zero-order chi connectivity index (χ0) is 10.2. The topological polar surface area (TPSA) is 43.4 Å². The molecule has 1 aromatic carbocycles. The minimum absolute atomic E-state index is 0. The van der Waals surface area contributed by atoms with E-state index in [0.717, 1.165) is 0 Å². The molecule has 1 aliphatic rings. The molecule has 3 nitrogen and oxygen atoms in total. The number of ether oxygens (including phenoxy) is 1. The first-order valence-corrected chi connectivity index (χ1v) is 6.13. The fourth-order valence-corrected chi connectivity index (χ4v) is 1.96. The second kappa shape index (κ2) is 6.37. The van der Waals surface area contributed by atoms with Crippen molar-refractivity contribution in [1.29, 1.82) is 0 Å². The van der Waals surface area contributed by atoms with Crippen LogP contribution in [0.2, 0.25) is 0 Å². The Morgan fingerprint density at radius 2 is 2.00 bits per heavy atom. The van der Waals surface area contributed by atoms with Crippen LogP contribution in [-0.4, -0.2) is 54.5 Å². The number of hydrogen-bond acceptors (Lipinski definition) is 3. The molecule has 0 atom stereocenters. The summed E-state index contributed by atoms with van der Waals surface area (Å²) in [7, 11) is 1.54. The number of rotatable bonds is 1. The van der Waals surface area contributed by atoms with Crippen LogP contribution in [0.3, 0.4) is 0 Å². The Labute approximate surface area is 134 Å². The van der Waals surface area contributed by atoms with Gasteiger partial charge < -0.3 is 7.59 Å². The molecule has 0 aromatic heterocycles. The van der Waals surface area contributed by atoms with E-state index in [9.17, 15) is 8.42 Å². The van der Waals surface area contributed by atoms with Crippen molar-refractivity contribution in [3.8, 4) is 5.75 Å². The molecule has 0 radical (unpaired) electrons. The van der Waals surface area contributed by atoms with E-state index in [1.54, 1.807) is 18.2 Å². The second-order valence-electron chi connectivity index (χ2n) is 2.75. The summed E-state index contributed by atoms with van der Waals surface area (Å²) in [5, 5.41) is 0. The van der Waals surface area contributed by atoms with Gasteiger partial charge in [0.2, 0.25) is 0 Å². The molecular formula is C9H8ClMg2O3S+. The van der Waals surface area contributed by atoms with Crippen LogP contribution < -0.4 is 4.74 Å². The van der Waals surface area contributed by atoms with Crippen molar-refractivity contribution in [3.05, 3.63) is 36.4 Å². The molecule has 0 fully saturated rings. The van der Waals surface area contributed by atoms with E-state index in [-0.39, 0.29) is 53.9 Å². The third kappa shape index (κ3) is 3.71. The van der Waals surface area contributed by atoms with E-state index in [0.29, 0.717) is 11.3 Å². The quantitative estimate of drug-likeness (QED) is 0.446. The number of benzene rings is 1. The van der Waals surface area contributed by atoms with E-state index in [1.165, 1.54) is 18.7 Å². The monoisotopic (exact) mass is 279 g/mol. The fraction of sp³-hybridized carbons (Fsp3) is 0. The van der Waals surface area contributed by atoms with E-state index < -0.39 is 9.05 Å². The maximum Gasteiger partial charge on any atom is 2.00 e. The Kier molecular flexibility index (Phi) is 6.53. The first-order valence-electron chi connectivity index (χ1n) is 3.82. The molecule has 16 heavy (non-hydrogen) atoms. The van der Waals surface area contributed by atoms with Crippen molar-refractivity contribution in [1.82, 2.24) is 0 Å². The van der Waals surface area contributed by atoms with E-state index >= 15 is 0 Å². The first kappa shape index (κ1) is 16.4. The van der Waals surface area contributed by atoms with Gasteiger partial charge in [0, 0.05) is 10.7 Å². The number of hydrogen-bond donors (Lipinski definition) is 0.